The smallest absolute Gasteiger partial charge is 0.0540 e. The van der Waals surface area contributed by atoms with Gasteiger partial charge in [-0.1, -0.05) is 166 Å². The molecule has 0 aromatic heterocycles. The fourth-order valence-corrected chi connectivity index (χ4v) is 8.25. The van der Waals surface area contributed by atoms with Gasteiger partial charge in [0.05, 0.1) is 5.69 Å². The fourth-order valence-electron chi connectivity index (χ4n) is 8.25. The molecule has 0 radical (unpaired) electrons. The van der Waals surface area contributed by atoms with Crippen molar-refractivity contribution in [3.8, 4) is 33.4 Å². The van der Waals surface area contributed by atoms with Crippen molar-refractivity contribution in [3.05, 3.63) is 197 Å². The van der Waals surface area contributed by atoms with Gasteiger partial charge >= 0.3 is 0 Å². The number of hydrogen-bond donors (Lipinski definition) is 0. The first-order valence-electron chi connectivity index (χ1n) is 17.7. The van der Waals surface area contributed by atoms with Crippen molar-refractivity contribution >= 4 is 29.2 Å². The van der Waals surface area contributed by atoms with Gasteiger partial charge in [-0.15, -0.1) is 0 Å². The molecule has 2 aliphatic rings. The third-order valence-electron chi connectivity index (χ3n) is 10.8. The van der Waals surface area contributed by atoms with Gasteiger partial charge in [-0.05, 0) is 91.7 Å². The first-order chi connectivity index (χ1) is 24.6. The molecule has 0 spiro atoms. The predicted octanol–water partition coefficient (Wildman–Crippen LogP) is 11.5. The number of anilines is 3. The number of hydrogen-bond acceptors (Lipinski definition) is 1. The summed E-state index contributed by atoms with van der Waals surface area (Å²) in [6.07, 6.45) is 5.82. The minimum atomic E-state index is -0.0650. The maximum absolute atomic E-state index is 2.45. The quantitative estimate of drug-likeness (QED) is 0.175. The molecule has 0 saturated heterocycles. The highest BCUT2D eigenvalue weighted by Gasteiger charge is 2.37. The molecule has 0 fully saturated rings. The molecule has 0 heterocycles. The van der Waals surface area contributed by atoms with Gasteiger partial charge in [0.1, 0.15) is 0 Å². The van der Waals surface area contributed by atoms with E-state index in [1.54, 1.807) is 0 Å². The maximum atomic E-state index is 2.45. The number of para-hydroxylation sites is 1. The highest BCUT2D eigenvalue weighted by atomic mass is 15.1. The summed E-state index contributed by atoms with van der Waals surface area (Å²) in [6.45, 7) is 4.72. The van der Waals surface area contributed by atoms with Gasteiger partial charge < -0.3 is 4.90 Å². The first kappa shape index (κ1) is 30.2. The zero-order valence-electron chi connectivity index (χ0n) is 28.6. The predicted molar refractivity (Wildman–Crippen MR) is 212 cm³/mol. The molecular weight excluding hydrogens is 603 g/mol. The van der Waals surface area contributed by atoms with Crippen LogP contribution in [0.1, 0.15) is 42.9 Å². The van der Waals surface area contributed by atoms with Crippen LogP contribution in [0.15, 0.2) is 170 Å². The van der Waals surface area contributed by atoms with Gasteiger partial charge in [0.15, 0.2) is 0 Å². The Labute approximate surface area is 295 Å². The molecule has 1 atom stereocenters. The second-order valence-electron chi connectivity index (χ2n) is 14.1. The molecule has 9 rings (SSSR count). The van der Waals surface area contributed by atoms with Gasteiger partial charge in [0.2, 0.25) is 0 Å². The molecule has 50 heavy (non-hydrogen) atoms. The van der Waals surface area contributed by atoms with Gasteiger partial charge in [0, 0.05) is 28.3 Å². The first-order valence-corrected chi connectivity index (χ1v) is 17.7. The third kappa shape index (κ3) is 5.09. The summed E-state index contributed by atoms with van der Waals surface area (Å²) in [5.74, 6) is 0.358. The highest BCUT2D eigenvalue weighted by molar-refractivity contribution is 5.98. The minimum Gasteiger partial charge on any atom is -0.310 e. The van der Waals surface area contributed by atoms with Gasteiger partial charge in [0.25, 0.3) is 0 Å². The Morgan fingerprint density at radius 1 is 0.500 bits per heavy atom. The number of fused-ring (bicyclic) bond motifs is 4. The van der Waals surface area contributed by atoms with Crippen molar-refractivity contribution in [2.75, 3.05) is 4.90 Å². The standard InChI is InChI=1S/C49H39N/c1-49(2)45-23-10-8-21-44(45)48-43(22-13-24-46(48)49)42-20-9-11-25-47(42)50(41-19-12-18-38(33-41)34-14-4-3-5-15-34)40-30-28-36(29-31-40)39-27-26-35-16-6-7-17-37(35)32-39/h3-26,28-33,39H,27H2,1-2H3. The van der Waals surface area contributed by atoms with E-state index < -0.39 is 0 Å². The van der Waals surface area contributed by atoms with Crippen LogP contribution in [0.2, 0.25) is 0 Å². The number of benzene rings is 7. The molecular formula is C49H39N. The molecule has 7 aromatic carbocycles. The van der Waals surface area contributed by atoms with Gasteiger partial charge in [-0.2, -0.15) is 0 Å². The van der Waals surface area contributed by atoms with Crippen molar-refractivity contribution in [2.24, 2.45) is 0 Å². The van der Waals surface area contributed by atoms with Crippen LogP contribution in [0.25, 0.3) is 45.5 Å². The SMILES string of the molecule is CC1(C)c2ccccc2-c2c(-c3ccccc3N(c3ccc(C4C=c5ccccc5=CC4)cc3)c3cccc(-c4ccccc4)c3)cccc21. The molecule has 2 aliphatic carbocycles. The van der Waals surface area contributed by atoms with E-state index in [1.165, 1.54) is 60.5 Å². The second-order valence-corrected chi connectivity index (χ2v) is 14.1. The topological polar surface area (TPSA) is 3.24 Å². The van der Waals surface area contributed by atoms with E-state index in [1.807, 2.05) is 0 Å². The summed E-state index contributed by atoms with van der Waals surface area (Å²) in [7, 11) is 0. The lowest BCUT2D eigenvalue weighted by Gasteiger charge is -2.29. The molecule has 240 valence electrons. The Kier molecular flexibility index (Phi) is 7.36. The number of rotatable bonds is 6. The fraction of sp³-hybridized carbons (Fsp3) is 0.102. The normalized spacial score (nSPS) is 15.2. The average molecular weight is 642 g/mol. The molecule has 1 heteroatoms. The van der Waals surface area contributed by atoms with E-state index >= 15 is 0 Å². The summed E-state index contributed by atoms with van der Waals surface area (Å²) in [4.78, 5) is 2.45. The largest absolute Gasteiger partial charge is 0.310 e. The lowest BCUT2D eigenvalue weighted by molar-refractivity contribution is 0.660. The zero-order chi connectivity index (χ0) is 33.7. The molecule has 0 aliphatic heterocycles. The van der Waals surface area contributed by atoms with Gasteiger partial charge in [-0.3, -0.25) is 0 Å². The Bertz CT molecular complexity index is 2490. The van der Waals surface area contributed by atoms with E-state index in [-0.39, 0.29) is 5.41 Å². The minimum absolute atomic E-state index is 0.0650. The van der Waals surface area contributed by atoms with E-state index in [4.69, 9.17) is 0 Å². The van der Waals surface area contributed by atoms with Gasteiger partial charge in [-0.25, -0.2) is 0 Å². The van der Waals surface area contributed by atoms with E-state index in [9.17, 15) is 0 Å². The zero-order valence-corrected chi connectivity index (χ0v) is 28.6. The summed E-state index contributed by atoms with van der Waals surface area (Å²) >= 11 is 0. The lowest BCUT2D eigenvalue weighted by atomic mass is 9.82. The number of nitrogens with zero attached hydrogens (tertiary/aromatic N) is 1. The molecule has 0 saturated carbocycles. The molecule has 0 amide bonds. The molecule has 0 bridgehead atoms. The van der Waals surface area contributed by atoms with Crippen molar-refractivity contribution in [2.45, 2.75) is 31.6 Å². The molecule has 1 unspecified atom stereocenters. The molecule has 0 N–H and O–H groups in total. The van der Waals surface area contributed by atoms with Crippen molar-refractivity contribution in [1.82, 2.24) is 0 Å². The van der Waals surface area contributed by atoms with Crippen LogP contribution in [0.5, 0.6) is 0 Å². The van der Waals surface area contributed by atoms with E-state index in [0.717, 1.165) is 23.5 Å². The second kappa shape index (κ2) is 12.2. The summed E-state index contributed by atoms with van der Waals surface area (Å²) in [5.41, 5.74) is 15.1. The van der Waals surface area contributed by atoms with Crippen LogP contribution in [-0.2, 0) is 5.41 Å². The van der Waals surface area contributed by atoms with Crippen LogP contribution in [0.3, 0.4) is 0 Å². The summed E-state index contributed by atoms with van der Waals surface area (Å²) in [5, 5.41) is 2.65. The highest BCUT2D eigenvalue weighted by Crippen LogP contribution is 2.53. The Hall–Kier alpha value is -5.92. The Balaban J connectivity index is 1.21. The molecule has 7 aromatic rings. The Morgan fingerprint density at radius 2 is 1.14 bits per heavy atom. The Morgan fingerprint density at radius 3 is 1.98 bits per heavy atom. The van der Waals surface area contributed by atoms with Crippen LogP contribution < -0.4 is 15.3 Å². The van der Waals surface area contributed by atoms with Crippen LogP contribution in [0, 0.1) is 0 Å². The van der Waals surface area contributed by atoms with Crippen molar-refractivity contribution in [1.29, 1.82) is 0 Å². The van der Waals surface area contributed by atoms with E-state index in [2.05, 4.69) is 201 Å². The van der Waals surface area contributed by atoms with Crippen molar-refractivity contribution in [3.63, 3.8) is 0 Å². The van der Waals surface area contributed by atoms with E-state index in [0.29, 0.717) is 5.92 Å². The van der Waals surface area contributed by atoms with Crippen LogP contribution >= 0.6 is 0 Å². The van der Waals surface area contributed by atoms with Crippen LogP contribution in [0.4, 0.5) is 17.1 Å². The maximum Gasteiger partial charge on any atom is 0.0540 e. The average Bonchev–Trinajstić information content (AvgIpc) is 3.42. The lowest BCUT2D eigenvalue weighted by Crippen LogP contribution is -2.27. The molecule has 1 nitrogen and oxygen atoms in total. The monoisotopic (exact) mass is 641 g/mol. The third-order valence-corrected chi connectivity index (χ3v) is 10.8. The summed E-state index contributed by atoms with van der Waals surface area (Å²) in [6, 6.07) is 62.4. The van der Waals surface area contributed by atoms with Crippen molar-refractivity contribution < 1.29 is 0 Å². The van der Waals surface area contributed by atoms with Crippen LogP contribution in [-0.4, -0.2) is 0 Å². The summed E-state index contributed by atoms with van der Waals surface area (Å²) < 4.78 is 0.